The Bertz CT molecular complexity index is 434. The van der Waals surface area contributed by atoms with Crippen LogP contribution in [0.15, 0.2) is 6.07 Å². The van der Waals surface area contributed by atoms with Crippen molar-refractivity contribution in [1.29, 1.82) is 0 Å². The topological polar surface area (TPSA) is 24.5 Å². The van der Waals surface area contributed by atoms with Gasteiger partial charge in [0, 0.05) is 38.3 Å². The Morgan fingerprint density at radius 1 is 1.22 bits per heavy atom. The van der Waals surface area contributed by atoms with Crippen LogP contribution in [0.3, 0.4) is 0 Å². The molecule has 0 aliphatic carbocycles. The molecule has 3 nitrogen and oxygen atoms in total. The Balaban J connectivity index is 2.25. The number of hydrogen-bond donors (Lipinski definition) is 1. The Labute approximate surface area is 104 Å². The summed E-state index contributed by atoms with van der Waals surface area (Å²) in [4.78, 5) is 2.03. The van der Waals surface area contributed by atoms with E-state index in [2.05, 4.69) is 5.32 Å². The summed E-state index contributed by atoms with van der Waals surface area (Å²) in [5.74, 6) is -4.15. The molecule has 0 radical (unpaired) electrons. The molecule has 1 aliphatic rings. The van der Waals surface area contributed by atoms with Crippen LogP contribution in [0, 0.1) is 17.5 Å². The molecule has 2 rings (SSSR count). The molecule has 0 aromatic heterocycles. The van der Waals surface area contributed by atoms with E-state index >= 15 is 0 Å². The Kier molecular flexibility index (Phi) is 4.08. The molecule has 1 heterocycles. The Morgan fingerprint density at radius 3 is 2.50 bits per heavy atom. The van der Waals surface area contributed by atoms with Crippen molar-refractivity contribution in [2.75, 3.05) is 33.3 Å². The maximum atomic E-state index is 13.5. The fourth-order valence-electron chi connectivity index (χ4n) is 2.08. The minimum absolute atomic E-state index is 0.215. The van der Waals surface area contributed by atoms with E-state index in [1.165, 1.54) is 7.11 Å². The monoisotopic (exact) mass is 260 g/mol. The van der Waals surface area contributed by atoms with E-state index in [4.69, 9.17) is 4.74 Å². The smallest absolute Gasteiger partial charge is 0.203 e. The molecule has 18 heavy (non-hydrogen) atoms. The Morgan fingerprint density at radius 2 is 1.89 bits per heavy atom. The van der Waals surface area contributed by atoms with Crippen molar-refractivity contribution >= 4 is 0 Å². The first-order valence-corrected chi connectivity index (χ1v) is 5.77. The molecule has 100 valence electrons. The summed E-state index contributed by atoms with van der Waals surface area (Å²) in [5.41, 5.74) is 0.329. The number of nitrogens with one attached hydrogen (secondary N) is 1. The fraction of sp³-hybridized carbons (Fsp3) is 0.500. The molecule has 0 spiro atoms. The molecule has 0 saturated carbocycles. The second-order valence-corrected chi connectivity index (χ2v) is 4.20. The highest BCUT2D eigenvalue weighted by molar-refractivity contribution is 5.36. The van der Waals surface area contributed by atoms with Crippen molar-refractivity contribution in [1.82, 2.24) is 10.2 Å². The van der Waals surface area contributed by atoms with Gasteiger partial charge in [0.05, 0.1) is 7.11 Å². The maximum absolute atomic E-state index is 13.5. The highest BCUT2D eigenvalue weighted by atomic mass is 19.2. The number of ether oxygens (including phenoxy) is 1. The molecular formula is C12H15F3N2O. The second-order valence-electron chi connectivity index (χ2n) is 4.20. The third-order valence-electron chi connectivity index (χ3n) is 3.00. The first-order valence-electron chi connectivity index (χ1n) is 5.77. The second kappa shape index (κ2) is 5.58. The third-order valence-corrected chi connectivity index (χ3v) is 3.00. The zero-order chi connectivity index (χ0) is 13.1. The van der Waals surface area contributed by atoms with Crippen molar-refractivity contribution in [2.45, 2.75) is 6.54 Å². The highest BCUT2D eigenvalue weighted by Gasteiger charge is 2.21. The van der Waals surface area contributed by atoms with Crippen LogP contribution in [-0.4, -0.2) is 38.2 Å². The summed E-state index contributed by atoms with van der Waals surface area (Å²) in [6.45, 7) is 3.56. The van der Waals surface area contributed by atoms with Gasteiger partial charge >= 0.3 is 0 Å². The van der Waals surface area contributed by atoms with Crippen LogP contribution in [0.1, 0.15) is 5.56 Å². The van der Waals surface area contributed by atoms with Gasteiger partial charge in [-0.25, -0.2) is 8.78 Å². The van der Waals surface area contributed by atoms with Gasteiger partial charge in [-0.2, -0.15) is 4.39 Å². The van der Waals surface area contributed by atoms with E-state index in [9.17, 15) is 13.2 Å². The van der Waals surface area contributed by atoms with E-state index in [0.29, 0.717) is 12.1 Å². The summed E-state index contributed by atoms with van der Waals surface area (Å²) < 4.78 is 44.6. The molecule has 6 heteroatoms. The summed E-state index contributed by atoms with van der Waals surface area (Å²) in [7, 11) is 1.25. The van der Waals surface area contributed by atoms with Crippen LogP contribution in [0.4, 0.5) is 13.2 Å². The largest absolute Gasteiger partial charge is 0.493 e. The lowest BCUT2D eigenvalue weighted by Crippen LogP contribution is -2.43. The number of halogens is 3. The number of methoxy groups -OCH3 is 1. The highest BCUT2D eigenvalue weighted by Crippen LogP contribution is 2.28. The van der Waals surface area contributed by atoms with E-state index in [1.54, 1.807) is 0 Å². The van der Waals surface area contributed by atoms with E-state index in [1.807, 2.05) is 4.90 Å². The quantitative estimate of drug-likeness (QED) is 0.834. The number of nitrogens with zero attached hydrogens (tertiary/aromatic N) is 1. The number of hydrogen-bond acceptors (Lipinski definition) is 3. The summed E-state index contributed by atoms with van der Waals surface area (Å²) in [5, 5.41) is 3.18. The van der Waals surface area contributed by atoms with Crippen LogP contribution < -0.4 is 10.1 Å². The minimum atomic E-state index is -1.49. The standard InChI is InChI=1S/C12H15F3N2O/c1-18-12-8(6-9(13)10(14)11(12)15)7-17-4-2-16-3-5-17/h6,16H,2-5,7H2,1H3. The third kappa shape index (κ3) is 2.59. The average molecular weight is 260 g/mol. The van der Waals surface area contributed by atoms with Crippen molar-refractivity contribution in [2.24, 2.45) is 0 Å². The first-order chi connectivity index (χ1) is 8.63. The lowest BCUT2D eigenvalue weighted by atomic mass is 10.1. The van der Waals surface area contributed by atoms with Gasteiger partial charge in [-0.3, -0.25) is 4.90 Å². The lowest BCUT2D eigenvalue weighted by molar-refractivity contribution is 0.228. The van der Waals surface area contributed by atoms with Gasteiger partial charge < -0.3 is 10.1 Å². The predicted octanol–water partition coefficient (Wildman–Crippen LogP) is 1.52. The molecule has 1 N–H and O–H groups in total. The molecule has 0 amide bonds. The molecule has 0 bridgehead atoms. The van der Waals surface area contributed by atoms with Crippen molar-refractivity contribution in [3.05, 3.63) is 29.1 Å². The van der Waals surface area contributed by atoms with E-state index in [0.717, 1.165) is 32.2 Å². The zero-order valence-electron chi connectivity index (χ0n) is 10.1. The molecule has 0 unspecified atom stereocenters. The average Bonchev–Trinajstić information content (AvgIpc) is 2.38. The fourth-order valence-corrected chi connectivity index (χ4v) is 2.08. The van der Waals surface area contributed by atoms with Gasteiger partial charge in [0.25, 0.3) is 0 Å². The predicted molar refractivity (Wildman–Crippen MR) is 61.0 cm³/mol. The zero-order valence-corrected chi connectivity index (χ0v) is 10.1. The van der Waals surface area contributed by atoms with Crippen LogP contribution in [0.5, 0.6) is 5.75 Å². The van der Waals surface area contributed by atoms with Gasteiger partial charge in [0.1, 0.15) is 0 Å². The molecule has 0 atom stereocenters. The molecular weight excluding hydrogens is 245 g/mol. The van der Waals surface area contributed by atoms with E-state index < -0.39 is 17.5 Å². The van der Waals surface area contributed by atoms with Crippen molar-refractivity contribution in [3.8, 4) is 5.75 Å². The Hall–Kier alpha value is -1.27. The van der Waals surface area contributed by atoms with Crippen LogP contribution in [0.25, 0.3) is 0 Å². The van der Waals surface area contributed by atoms with Gasteiger partial charge in [-0.15, -0.1) is 0 Å². The van der Waals surface area contributed by atoms with E-state index in [-0.39, 0.29) is 5.75 Å². The van der Waals surface area contributed by atoms with Gasteiger partial charge in [0.2, 0.25) is 5.82 Å². The number of piperazine rings is 1. The van der Waals surface area contributed by atoms with Crippen LogP contribution in [0.2, 0.25) is 0 Å². The lowest BCUT2D eigenvalue weighted by Gasteiger charge is -2.27. The van der Waals surface area contributed by atoms with Gasteiger partial charge in [-0.05, 0) is 6.07 Å². The molecule has 1 fully saturated rings. The normalized spacial score (nSPS) is 16.9. The first kappa shape index (κ1) is 13.2. The SMILES string of the molecule is COc1c(CN2CCNCC2)cc(F)c(F)c1F. The molecule has 1 saturated heterocycles. The van der Waals surface area contributed by atoms with Crippen LogP contribution in [-0.2, 0) is 6.54 Å². The van der Waals surface area contributed by atoms with Gasteiger partial charge in [-0.1, -0.05) is 0 Å². The number of rotatable bonds is 3. The summed E-state index contributed by atoms with van der Waals surface area (Å²) in [6, 6.07) is 0.999. The molecule has 1 aromatic carbocycles. The van der Waals surface area contributed by atoms with Crippen LogP contribution >= 0.6 is 0 Å². The summed E-state index contributed by atoms with van der Waals surface area (Å²) >= 11 is 0. The minimum Gasteiger partial charge on any atom is -0.493 e. The molecule has 1 aromatic rings. The van der Waals surface area contributed by atoms with Crippen molar-refractivity contribution < 1.29 is 17.9 Å². The van der Waals surface area contributed by atoms with Crippen molar-refractivity contribution in [3.63, 3.8) is 0 Å². The summed E-state index contributed by atoms with van der Waals surface area (Å²) in [6.07, 6.45) is 0. The maximum Gasteiger partial charge on any atom is 0.203 e. The number of benzene rings is 1. The molecule has 1 aliphatic heterocycles. The van der Waals surface area contributed by atoms with Gasteiger partial charge in [0.15, 0.2) is 17.4 Å².